The van der Waals surface area contributed by atoms with Crippen LogP contribution in [0.5, 0.6) is 0 Å². The second-order valence-corrected chi connectivity index (χ2v) is 15.9. The number of nitrogens with two attached hydrogens (primary N) is 1. The number of hydrogen-bond donors (Lipinski definition) is 3. The van der Waals surface area contributed by atoms with Gasteiger partial charge < -0.3 is 16.0 Å². The van der Waals surface area contributed by atoms with E-state index in [2.05, 4.69) is 112 Å². The molecule has 4 N–H and O–H groups in total. The van der Waals surface area contributed by atoms with Crippen LogP contribution in [0.25, 0.3) is 11.4 Å². The van der Waals surface area contributed by atoms with Gasteiger partial charge in [0, 0.05) is 89.5 Å². The molecule has 6 heterocycles. The van der Waals surface area contributed by atoms with Crippen molar-refractivity contribution < 1.29 is 0 Å². The van der Waals surface area contributed by atoms with Crippen LogP contribution in [0.1, 0.15) is 91.6 Å². The molecule has 12 heteroatoms. The maximum atomic E-state index is 5.89. The maximum absolute atomic E-state index is 5.89. The summed E-state index contributed by atoms with van der Waals surface area (Å²) in [5.41, 5.74) is 10.1. The summed E-state index contributed by atoms with van der Waals surface area (Å²) in [4.78, 5) is 35.8. The third-order valence-corrected chi connectivity index (χ3v) is 8.08. The van der Waals surface area contributed by atoms with Gasteiger partial charge in [0.2, 0.25) is 0 Å². The van der Waals surface area contributed by atoms with E-state index in [1.165, 1.54) is 5.56 Å². The van der Waals surface area contributed by atoms with Crippen LogP contribution in [-0.4, -0.2) is 63.9 Å². The van der Waals surface area contributed by atoms with Crippen LogP contribution in [0, 0.1) is 0 Å². The highest BCUT2D eigenvalue weighted by atomic mass is 32.1. The second kappa shape index (κ2) is 15.8. The number of nitrogens with zero attached hydrogens (tertiary/aromatic N) is 8. The SMILES string of the molecule is CC(C)(C)c1cc(-c2ccc[nH]2)ncn1.CC(C)(C)c1ncc(CN2CCC(N)C2)cn1.CC(C)(C)c1nccc(Nc2nccs2)n1. The molecule has 1 aliphatic rings. The Hall–Kier alpha value is -4.13. The first-order valence-corrected chi connectivity index (χ1v) is 17.2. The van der Waals surface area contributed by atoms with Crippen molar-refractivity contribution in [1.82, 2.24) is 44.8 Å². The fraction of sp³-hybridized carbons (Fsp3) is 0.472. The highest BCUT2D eigenvalue weighted by Crippen LogP contribution is 2.24. The number of aromatic amines is 1. The minimum atomic E-state index is -0.0411. The summed E-state index contributed by atoms with van der Waals surface area (Å²) in [6.45, 7) is 22.1. The number of anilines is 2. The number of nitrogens with one attached hydrogen (secondary N) is 2. The smallest absolute Gasteiger partial charge is 0.188 e. The Morgan fingerprint density at radius 2 is 1.60 bits per heavy atom. The van der Waals surface area contributed by atoms with Gasteiger partial charge in [-0.3, -0.25) is 4.90 Å². The van der Waals surface area contributed by atoms with Crippen molar-refractivity contribution in [2.45, 2.75) is 97.6 Å². The van der Waals surface area contributed by atoms with E-state index in [-0.39, 0.29) is 16.2 Å². The van der Waals surface area contributed by atoms with Crippen LogP contribution in [-0.2, 0) is 22.8 Å². The van der Waals surface area contributed by atoms with Gasteiger partial charge in [0.25, 0.3) is 0 Å². The molecule has 1 unspecified atom stereocenters. The van der Waals surface area contributed by atoms with Crippen LogP contribution in [0.15, 0.2) is 67.0 Å². The van der Waals surface area contributed by atoms with Gasteiger partial charge in [0.15, 0.2) is 5.13 Å². The van der Waals surface area contributed by atoms with Gasteiger partial charge in [-0.15, -0.1) is 11.3 Å². The first kappa shape index (κ1) is 36.7. The Labute approximate surface area is 289 Å². The predicted molar refractivity (Wildman–Crippen MR) is 195 cm³/mol. The minimum absolute atomic E-state index is 0.0223. The Kier molecular flexibility index (Phi) is 12.1. The van der Waals surface area contributed by atoms with Gasteiger partial charge in [-0.05, 0) is 30.7 Å². The third kappa shape index (κ3) is 11.2. The van der Waals surface area contributed by atoms with Crippen molar-refractivity contribution in [2.24, 2.45) is 5.73 Å². The van der Waals surface area contributed by atoms with Gasteiger partial charge in [0.05, 0.1) is 11.4 Å². The molecule has 6 rings (SSSR count). The van der Waals surface area contributed by atoms with Gasteiger partial charge in [-0.25, -0.2) is 34.9 Å². The highest BCUT2D eigenvalue weighted by Gasteiger charge is 2.21. The van der Waals surface area contributed by atoms with E-state index in [1.54, 1.807) is 30.1 Å². The lowest BCUT2D eigenvalue weighted by Crippen LogP contribution is -2.26. The Morgan fingerprint density at radius 3 is 2.17 bits per heavy atom. The molecular formula is C36H51N11S. The molecule has 1 saturated heterocycles. The van der Waals surface area contributed by atoms with E-state index in [9.17, 15) is 0 Å². The first-order chi connectivity index (χ1) is 22.6. The zero-order valence-electron chi connectivity index (χ0n) is 29.8. The molecule has 1 atom stereocenters. The van der Waals surface area contributed by atoms with Crippen molar-refractivity contribution in [3.63, 3.8) is 0 Å². The number of rotatable bonds is 5. The quantitative estimate of drug-likeness (QED) is 0.178. The average Bonchev–Trinajstić information content (AvgIpc) is 3.82. The molecule has 0 spiro atoms. The van der Waals surface area contributed by atoms with E-state index in [1.807, 2.05) is 48.2 Å². The number of likely N-dealkylation sites (tertiary alicyclic amines) is 1. The van der Waals surface area contributed by atoms with Gasteiger partial charge >= 0.3 is 0 Å². The molecule has 0 aliphatic carbocycles. The molecule has 0 saturated carbocycles. The number of thiazole rings is 1. The predicted octanol–water partition coefficient (Wildman–Crippen LogP) is 7.05. The number of hydrogen-bond acceptors (Lipinski definition) is 11. The molecule has 5 aromatic rings. The molecule has 0 bridgehead atoms. The standard InChI is InChI=1S/C13H22N4.C12H15N3.C11H14N4S/c1-13(2,3)12-15-6-10(7-16-12)8-17-5-4-11(14)9-17;1-12(2,3)11-7-10(14-8-15-11)9-5-4-6-13-9;1-11(2,3)9-12-5-4-8(14-9)15-10-13-6-7-16-10/h6-7,11H,4-5,8-9,14H2,1-3H3;4-8,13H,1-3H3;4-7H,1-3H3,(H,12,13,14,15). The summed E-state index contributed by atoms with van der Waals surface area (Å²) in [7, 11) is 0. The van der Waals surface area contributed by atoms with Crippen molar-refractivity contribution in [3.05, 3.63) is 89.9 Å². The van der Waals surface area contributed by atoms with Crippen LogP contribution in [0.4, 0.5) is 10.9 Å². The lowest BCUT2D eigenvalue weighted by molar-refractivity contribution is 0.325. The van der Waals surface area contributed by atoms with E-state index < -0.39 is 0 Å². The third-order valence-electron chi connectivity index (χ3n) is 7.39. The highest BCUT2D eigenvalue weighted by molar-refractivity contribution is 7.13. The van der Waals surface area contributed by atoms with E-state index >= 15 is 0 Å². The van der Waals surface area contributed by atoms with Crippen molar-refractivity contribution >= 4 is 22.3 Å². The average molecular weight is 670 g/mol. The molecule has 1 aliphatic heterocycles. The van der Waals surface area contributed by atoms with Crippen LogP contribution in [0.3, 0.4) is 0 Å². The van der Waals surface area contributed by atoms with Gasteiger partial charge in [0.1, 0.15) is 23.8 Å². The zero-order valence-corrected chi connectivity index (χ0v) is 30.6. The van der Waals surface area contributed by atoms with Crippen molar-refractivity contribution in [1.29, 1.82) is 0 Å². The fourth-order valence-electron chi connectivity index (χ4n) is 4.68. The first-order valence-electron chi connectivity index (χ1n) is 16.3. The van der Waals surface area contributed by atoms with E-state index in [0.29, 0.717) is 6.04 Å². The topological polar surface area (TPSA) is 147 Å². The van der Waals surface area contributed by atoms with Crippen molar-refractivity contribution in [2.75, 3.05) is 18.4 Å². The summed E-state index contributed by atoms with van der Waals surface area (Å²) in [6.07, 6.45) is 12.0. The fourth-order valence-corrected chi connectivity index (χ4v) is 5.21. The summed E-state index contributed by atoms with van der Waals surface area (Å²) in [6, 6.07) is 8.19. The molecule has 48 heavy (non-hydrogen) atoms. The molecule has 256 valence electrons. The van der Waals surface area contributed by atoms with Gasteiger partial charge in [-0.2, -0.15) is 0 Å². The van der Waals surface area contributed by atoms with E-state index in [4.69, 9.17) is 5.73 Å². The molecule has 0 radical (unpaired) electrons. The molecule has 1 fully saturated rings. The minimum Gasteiger partial charge on any atom is -0.360 e. The molecule has 11 nitrogen and oxygen atoms in total. The lowest BCUT2D eigenvalue weighted by Gasteiger charge is -2.18. The molecule has 0 aromatic carbocycles. The summed E-state index contributed by atoms with van der Waals surface area (Å²) < 4.78 is 0. The Bertz CT molecular complexity index is 1660. The Morgan fingerprint density at radius 1 is 0.875 bits per heavy atom. The zero-order chi connectivity index (χ0) is 35.0. The summed E-state index contributed by atoms with van der Waals surface area (Å²) >= 11 is 1.55. The van der Waals surface area contributed by atoms with Crippen LogP contribution >= 0.6 is 11.3 Å². The normalized spacial score (nSPS) is 15.2. The number of H-pyrrole nitrogens is 1. The van der Waals surface area contributed by atoms with Crippen LogP contribution < -0.4 is 11.1 Å². The molecular weight excluding hydrogens is 619 g/mol. The lowest BCUT2D eigenvalue weighted by atomic mass is 9.91. The second-order valence-electron chi connectivity index (χ2n) is 15.0. The van der Waals surface area contributed by atoms with Gasteiger partial charge in [-0.1, -0.05) is 62.3 Å². The largest absolute Gasteiger partial charge is 0.360 e. The monoisotopic (exact) mass is 669 g/mol. The maximum Gasteiger partial charge on any atom is 0.188 e. The molecule has 0 amide bonds. The number of aromatic nitrogens is 8. The summed E-state index contributed by atoms with van der Waals surface area (Å²) in [5, 5.41) is 5.92. The Balaban J connectivity index is 0.000000163. The van der Waals surface area contributed by atoms with E-state index in [0.717, 1.165) is 65.7 Å². The van der Waals surface area contributed by atoms with Crippen molar-refractivity contribution in [3.8, 4) is 11.4 Å². The van der Waals surface area contributed by atoms with Crippen LogP contribution in [0.2, 0.25) is 0 Å². The summed E-state index contributed by atoms with van der Waals surface area (Å²) in [5.74, 6) is 2.52. The molecule has 5 aromatic heterocycles.